The number of ether oxygens (including phenoxy) is 2. The third kappa shape index (κ3) is 6.82. The molecule has 2 rings (SSSR count). The molecule has 1 aliphatic rings. The number of hydrogen-bond acceptors (Lipinski definition) is 6. The van der Waals surface area contributed by atoms with E-state index in [1.54, 1.807) is 11.8 Å². The fraction of sp³-hybridized carbons (Fsp3) is 0.650. The third-order valence-corrected chi connectivity index (χ3v) is 4.30. The first-order chi connectivity index (χ1) is 12.7. The van der Waals surface area contributed by atoms with Gasteiger partial charge in [-0.05, 0) is 46.2 Å². The molecular formula is C20H31N3O4. The van der Waals surface area contributed by atoms with E-state index in [0.29, 0.717) is 39.2 Å². The van der Waals surface area contributed by atoms with Crippen LogP contribution in [0.1, 0.15) is 45.4 Å². The topological polar surface area (TPSA) is 72.0 Å². The largest absolute Gasteiger partial charge is 0.466 e. The van der Waals surface area contributed by atoms with Crippen LogP contribution in [0.5, 0.6) is 0 Å². The molecule has 1 aliphatic heterocycles. The molecule has 0 spiro atoms. The van der Waals surface area contributed by atoms with Crippen molar-refractivity contribution in [1.29, 1.82) is 0 Å². The van der Waals surface area contributed by atoms with E-state index in [0.717, 1.165) is 11.3 Å². The summed E-state index contributed by atoms with van der Waals surface area (Å²) >= 11 is 0. The maximum atomic E-state index is 12.2. The van der Waals surface area contributed by atoms with Gasteiger partial charge in [0.05, 0.1) is 13.0 Å². The standard InChI is InChI=1S/C20H31N3O4/c1-6-26-18(24)9-10-22(12-16-8-7-15(2)21-11-16)17-13-23(14-17)19(25)27-20(3,4)5/h7-8,11,17H,6,9-10,12-14H2,1-5H3. The Morgan fingerprint density at radius 3 is 2.56 bits per heavy atom. The summed E-state index contributed by atoms with van der Waals surface area (Å²) in [5.74, 6) is -0.201. The van der Waals surface area contributed by atoms with Crippen molar-refractivity contribution in [2.45, 2.75) is 59.2 Å². The van der Waals surface area contributed by atoms with Crippen LogP contribution < -0.4 is 0 Å². The fourth-order valence-electron chi connectivity index (χ4n) is 2.85. The van der Waals surface area contributed by atoms with Crippen molar-refractivity contribution in [3.8, 4) is 0 Å². The molecule has 1 aromatic rings. The van der Waals surface area contributed by atoms with Crippen LogP contribution in [0.25, 0.3) is 0 Å². The lowest BCUT2D eigenvalue weighted by Gasteiger charge is -2.45. The van der Waals surface area contributed by atoms with E-state index < -0.39 is 5.60 Å². The highest BCUT2D eigenvalue weighted by Crippen LogP contribution is 2.21. The molecule has 150 valence electrons. The molecule has 1 fully saturated rings. The molecule has 0 radical (unpaired) electrons. The van der Waals surface area contributed by atoms with Crippen molar-refractivity contribution in [3.63, 3.8) is 0 Å². The van der Waals surface area contributed by atoms with Crippen LogP contribution in [0, 0.1) is 6.92 Å². The number of nitrogens with zero attached hydrogens (tertiary/aromatic N) is 3. The van der Waals surface area contributed by atoms with Gasteiger partial charge >= 0.3 is 12.1 Å². The SMILES string of the molecule is CCOC(=O)CCN(Cc1ccc(C)nc1)C1CN(C(=O)OC(C)(C)C)C1. The van der Waals surface area contributed by atoms with Gasteiger partial charge in [0.25, 0.3) is 0 Å². The van der Waals surface area contributed by atoms with Crippen LogP contribution >= 0.6 is 0 Å². The molecule has 2 heterocycles. The summed E-state index contributed by atoms with van der Waals surface area (Å²) in [4.78, 5) is 32.2. The van der Waals surface area contributed by atoms with Crippen LogP contribution in [0.4, 0.5) is 4.79 Å². The number of amides is 1. The van der Waals surface area contributed by atoms with Gasteiger partial charge in [0, 0.05) is 44.1 Å². The summed E-state index contributed by atoms with van der Waals surface area (Å²) in [6, 6.07) is 4.21. The van der Waals surface area contributed by atoms with E-state index in [1.165, 1.54) is 0 Å². The van der Waals surface area contributed by atoms with Gasteiger partial charge in [0.2, 0.25) is 0 Å². The molecule has 0 unspecified atom stereocenters. The molecule has 1 aromatic heterocycles. The molecule has 0 aromatic carbocycles. The van der Waals surface area contributed by atoms with Gasteiger partial charge in [-0.1, -0.05) is 6.07 Å². The number of esters is 1. The van der Waals surface area contributed by atoms with Crippen molar-refractivity contribution in [2.75, 3.05) is 26.2 Å². The Morgan fingerprint density at radius 2 is 2.00 bits per heavy atom. The maximum absolute atomic E-state index is 12.2. The summed E-state index contributed by atoms with van der Waals surface area (Å²) in [6.07, 6.45) is 1.90. The summed E-state index contributed by atoms with van der Waals surface area (Å²) in [7, 11) is 0. The molecule has 27 heavy (non-hydrogen) atoms. The molecule has 0 N–H and O–H groups in total. The second kappa shape index (κ2) is 9.17. The molecular weight excluding hydrogens is 346 g/mol. The average Bonchev–Trinajstić information content (AvgIpc) is 2.51. The minimum absolute atomic E-state index is 0.188. The third-order valence-electron chi connectivity index (χ3n) is 4.30. The highest BCUT2D eigenvalue weighted by Gasteiger charge is 2.37. The van der Waals surface area contributed by atoms with Crippen LogP contribution in [-0.2, 0) is 20.8 Å². The highest BCUT2D eigenvalue weighted by molar-refractivity contribution is 5.70. The van der Waals surface area contributed by atoms with Crippen LogP contribution in [0.15, 0.2) is 18.3 Å². The predicted octanol–water partition coefficient (Wildman–Crippen LogP) is 2.76. The predicted molar refractivity (Wildman–Crippen MR) is 102 cm³/mol. The van der Waals surface area contributed by atoms with Crippen molar-refractivity contribution in [1.82, 2.24) is 14.8 Å². The number of carbonyl (C=O) groups excluding carboxylic acids is 2. The van der Waals surface area contributed by atoms with Gasteiger partial charge in [-0.3, -0.25) is 14.7 Å². The average molecular weight is 377 g/mol. The van der Waals surface area contributed by atoms with Gasteiger partial charge in [0.1, 0.15) is 5.60 Å². The van der Waals surface area contributed by atoms with E-state index >= 15 is 0 Å². The van der Waals surface area contributed by atoms with Crippen molar-refractivity contribution in [2.24, 2.45) is 0 Å². The first kappa shape index (κ1) is 21.2. The molecule has 7 heteroatoms. The van der Waals surface area contributed by atoms with Gasteiger partial charge < -0.3 is 14.4 Å². The number of carbonyl (C=O) groups is 2. The van der Waals surface area contributed by atoms with Gasteiger partial charge in [-0.25, -0.2) is 4.79 Å². The van der Waals surface area contributed by atoms with Crippen LogP contribution in [-0.4, -0.2) is 64.7 Å². The first-order valence-corrected chi connectivity index (χ1v) is 9.47. The summed E-state index contributed by atoms with van der Waals surface area (Å²) in [5.41, 5.74) is 1.55. The zero-order valence-corrected chi connectivity index (χ0v) is 17.0. The number of likely N-dealkylation sites (tertiary alicyclic amines) is 1. The fourth-order valence-corrected chi connectivity index (χ4v) is 2.85. The number of rotatable bonds is 7. The van der Waals surface area contributed by atoms with Gasteiger partial charge in [-0.2, -0.15) is 0 Å². The first-order valence-electron chi connectivity index (χ1n) is 9.47. The lowest BCUT2D eigenvalue weighted by atomic mass is 10.1. The summed E-state index contributed by atoms with van der Waals surface area (Å²) in [6.45, 7) is 12.2. The van der Waals surface area contributed by atoms with E-state index in [1.807, 2.05) is 46.0 Å². The lowest BCUT2D eigenvalue weighted by Crippen LogP contribution is -2.61. The Labute approximate surface area is 161 Å². The van der Waals surface area contributed by atoms with Crippen molar-refractivity contribution < 1.29 is 19.1 Å². The molecule has 1 saturated heterocycles. The second-order valence-electron chi connectivity index (χ2n) is 7.87. The second-order valence-corrected chi connectivity index (χ2v) is 7.87. The van der Waals surface area contributed by atoms with E-state index in [2.05, 4.69) is 9.88 Å². The minimum atomic E-state index is -0.501. The summed E-state index contributed by atoms with van der Waals surface area (Å²) < 4.78 is 10.5. The highest BCUT2D eigenvalue weighted by atomic mass is 16.6. The quantitative estimate of drug-likeness (QED) is 0.681. The van der Waals surface area contributed by atoms with Crippen LogP contribution in [0.3, 0.4) is 0 Å². The Morgan fingerprint density at radius 1 is 1.30 bits per heavy atom. The zero-order valence-electron chi connectivity index (χ0n) is 17.0. The zero-order chi connectivity index (χ0) is 20.0. The molecule has 7 nitrogen and oxygen atoms in total. The van der Waals surface area contributed by atoms with E-state index in [4.69, 9.17) is 9.47 Å². The van der Waals surface area contributed by atoms with Gasteiger partial charge in [-0.15, -0.1) is 0 Å². The number of hydrogen-bond donors (Lipinski definition) is 0. The Bertz CT molecular complexity index is 634. The number of pyridine rings is 1. The van der Waals surface area contributed by atoms with Crippen molar-refractivity contribution >= 4 is 12.1 Å². The molecule has 0 atom stereocenters. The minimum Gasteiger partial charge on any atom is -0.466 e. The lowest BCUT2D eigenvalue weighted by molar-refractivity contribution is -0.143. The normalized spacial score (nSPS) is 14.8. The number of aryl methyl sites for hydroxylation is 1. The van der Waals surface area contributed by atoms with E-state index in [9.17, 15) is 9.59 Å². The Hall–Kier alpha value is -2.15. The Kier molecular flexibility index (Phi) is 7.18. The van der Waals surface area contributed by atoms with E-state index in [-0.39, 0.29) is 18.1 Å². The molecule has 0 aliphatic carbocycles. The monoisotopic (exact) mass is 377 g/mol. The molecule has 0 saturated carbocycles. The Balaban J connectivity index is 1.95. The number of aromatic nitrogens is 1. The molecule has 0 bridgehead atoms. The summed E-state index contributed by atoms with van der Waals surface area (Å²) in [5, 5.41) is 0. The smallest absolute Gasteiger partial charge is 0.410 e. The van der Waals surface area contributed by atoms with Crippen molar-refractivity contribution in [3.05, 3.63) is 29.6 Å². The maximum Gasteiger partial charge on any atom is 0.410 e. The van der Waals surface area contributed by atoms with Crippen LogP contribution in [0.2, 0.25) is 0 Å². The molecule has 1 amide bonds. The van der Waals surface area contributed by atoms with Gasteiger partial charge in [0.15, 0.2) is 0 Å².